The van der Waals surface area contributed by atoms with Gasteiger partial charge < -0.3 is 0 Å². The van der Waals surface area contributed by atoms with Crippen LogP contribution in [-0.2, 0) is 22.9 Å². The summed E-state index contributed by atoms with van der Waals surface area (Å²) in [4.78, 5) is 0.335. The molecule has 0 heterocycles. The number of nitrogens with one attached hydrogen (secondary N) is 1. The summed E-state index contributed by atoms with van der Waals surface area (Å²) in [7, 11) is -3.49. The van der Waals surface area contributed by atoms with Crippen LogP contribution in [-0.4, -0.2) is 19.8 Å². The summed E-state index contributed by atoms with van der Waals surface area (Å²) in [5.41, 5.74) is 1.78. The predicted octanol–water partition coefficient (Wildman–Crippen LogP) is 2.47. The maximum absolute atomic E-state index is 12.2. The van der Waals surface area contributed by atoms with Crippen molar-refractivity contribution in [3.8, 4) is 0 Å². The topological polar surface area (TPSA) is 46.2 Å². The summed E-state index contributed by atoms with van der Waals surface area (Å²) in [6, 6.07) is 5.39. The Morgan fingerprint density at radius 1 is 1.28 bits per heavy atom. The molecule has 0 bridgehead atoms. The molecule has 1 aromatic rings. The fourth-order valence-electron chi connectivity index (χ4n) is 2.17. The molecule has 0 aromatic heterocycles. The van der Waals surface area contributed by atoms with Gasteiger partial charge in [-0.3, -0.25) is 0 Å². The Labute approximate surface area is 114 Å². The van der Waals surface area contributed by atoms with Crippen molar-refractivity contribution in [1.82, 2.24) is 4.72 Å². The lowest BCUT2D eigenvalue weighted by atomic mass is 10.1. The van der Waals surface area contributed by atoms with E-state index in [4.69, 9.17) is 11.6 Å². The fourth-order valence-corrected chi connectivity index (χ4v) is 3.77. The van der Waals surface area contributed by atoms with Crippen LogP contribution < -0.4 is 4.72 Å². The third kappa shape index (κ3) is 2.87. The monoisotopic (exact) mass is 287 g/mol. The molecule has 0 saturated heterocycles. The third-order valence-corrected chi connectivity index (χ3v) is 5.49. The van der Waals surface area contributed by atoms with E-state index in [1.54, 1.807) is 26.0 Å². The van der Waals surface area contributed by atoms with Gasteiger partial charge in [-0.2, -0.15) is 0 Å². The number of hydrogen-bond acceptors (Lipinski definition) is 2. The summed E-state index contributed by atoms with van der Waals surface area (Å²) < 4.78 is 27.1. The van der Waals surface area contributed by atoms with E-state index in [-0.39, 0.29) is 5.88 Å². The molecule has 1 aliphatic rings. The molecular weight excluding hydrogens is 270 g/mol. The average Bonchev–Trinajstić information content (AvgIpc) is 2.74. The quantitative estimate of drug-likeness (QED) is 0.865. The predicted molar refractivity (Wildman–Crippen MR) is 73.6 cm³/mol. The standard InChI is InChI=1S/C13H18ClNO2S/c1-13(2,9-14)15-18(16,17)12-7-6-10-4-3-5-11(10)8-12/h6-8,15H,3-5,9H2,1-2H3. The molecule has 1 N–H and O–H groups in total. The molecule has 0 amide bonds. The highest BCUT2D eigenvalue weighted by molar-refractivity contribution is 7.89. The maximum Gasteiger partial charge on any atom is 0.241 e. The second-order valence-corrected chi connectivity index (χ2v) is 7.36. The molecular formula is C13H18ClNO2S. The molecule has 3 nitrogen and oxygen atoms in total. The van der Waals surface area contributed by atoms with Gasteiger partial charge in [-0.25, -0.2) is 13.1 Å². The lowest BCUT2D eigenvalue weighted by Gasteiger charge is -2.23. The Kier molecular flexibility index (Phi) is 3.72. The Morgan fingerprint density at radius 2 is 1.94 bits per heavy atom. The summed E-state index contributed by atoms with van der Waals surface area (Å²) >= 11 is 5.75. The van der Waals surface area contributed by atoms with Gasteiger partial charge in [0.25, 0.3) is 0 Å². The molecule has 18 heavy (non-hydrogen) atoms. The molecule has 1 aromatic carbocycles. The van der Waals surface area contributed by atoms with E-state index in [0.29, 0.717) is 4.90 Å². The van der Waals surface area contributed by atoms with Gasteiger partial charge in [0.1, 0.15) is 0 Å². The number of hydrogen-bond donors (Lipinski definition) is 1. The summed E-state index contributed by atoms with van der Waals surface area (Å²) in [6.45, 7) is 3.54. The number of alkyl halides is 1. The Hall–Kier alpha value is -0.580. The number of benzene rings is 1. The van der Waals surface area contributed by atoms with Crippen LogP contribution in [0.2, 0.25) is 0 Å². The molecule has 2 rings (SSSR count). The van der Waals surface area contributed by atoms with Crippen LogP contribution in [0, 0.1) is 0 Å². The first kappa shape index (κ1) is 13.8. The van der Waals surface area contributed by atoms with Crippen molar-refractivity contribution in [3.05, 3.63) is 29.3 Å². The smallest absolute Gasteiger partial charge is 0.207 e. The van der Waals surface area contributed by atoms with Crippen LogP contribution in [0.5, 0.6) is 0 Å². The van der Waals surface area contributed by atoms with E-state index in [0.717, 1.165) is 24.8 Å². The first-order valence-electron chi connectivity index (χ1n) is 6.06. The van der Waals surface area contributed by atoms with Gasteiger partial charge in [0, 0.05) is 11.4 Å². The SMILES string of the molecule is CC(C)(CCl)NS(=O)(=O)c1ccc2c(c1)CCC2. The van der Waals surface area contributed by atoms with Crippen molar-refractivity contribution in [2.24, 2.45) is 0 Å². The van der Waals surface area contributed by atoms with Gasteiger partial charge in [0.15, 0.2) is 0 Å². The van der Waals surface area contributed by atoms with Crippen molar-refractivity contribution in [3.63, 3.8) is 0 Å². The van der Waals surface area contributed by atoms with Crippen molar-refractivity contribution in [2.75, 3.05) is 5.88 Å². The lowest BCUT2D eigenvalue weighted by molar-refractivity contribution is 0.496. The van der Waals surface area contributed by atoms with Crippen LogP contribution in [0.25, 0.3) is 0 Å². The van der Waals surface area contributed by atoms with Crippen molar-refractivity contribution in [2.45, 2.75) is 43.5 Å². The summed E-state index contributed by atoms with van der Waals surface area (Å²) in [5, 5.41) is 0. The van der Waals surface area contributed by atoms with Crippen molar-refractivity contribution in [1.29, 1.82) is 0 Å². The Balaban J connectivity index is 2.31. The van der Waals surface area contributed by atoms with Gasteiger partial charge in [-0.1, -0.05) is 6.07 Å². The van der Waals surface area contributed by atoms with E-state index in [2.05, 4.69) is 4.72 Å². The van der Waals surface area contributed by atoms with Crippen LogP contribution in [0.3, 0.4) is 0 Å². The van der Waals surface area contributed by atoms with E-state index in [1.807, 2.05) is 6.07 Å². The van der Waals surface area contributed by atoms with E-state index >= 15 is 0 Å². The second kappa shape index (κ2) is 4.83. The van der Waals surface area contributed by atoms with Gasteiger partial charge >= 0.3 is 0 Å². The van der Waals surface area contributed by atoms with Gasteiger partial charge in [-0.05, 0) is 56.4 Å². The summed E-state index contributed by atoms with van der Waals surface area (Å²) in [6.07, 6.45) is 3.13. The van der Waals surface area contributed by atoms with Crippen LogP contribution in [0.1, 0.15) is 31.4 Å². The average molecular weight is 288 g/mol. The molecule has 0 unspecified atom stereocenters. The highest BCUT2D eigenvalue weighted by Gasteiger charge is 2.26. The second-order valence-electron chi connectivity index (χ2n) is 5.41. The minimum absolute atomic E-state index is 0.233. The zero-order valence-electron chi connectivity index (χ0n) is 10.7. The minimum atomic E-state index is -3.49. The molecule has 5 heteroatoms. The molecule has 0 saturated carbocycles. The molecule has 0 radical (unpaired) electrons. The zero-order valence-corrected chi connectivity index (χ0v) is 12.2. The number of halogens is 1. The number of sulfonamides is 1. The highest BCUT2D eigenvalue weighted by Crippen LogP contribution is 2.25. The molecule has 1 aliphatic carbocycles. The number of rotatable bonds is 4. The first-order valence-corrected chi connectivity index (χ1v) is 8.08. The Morgan fingerprint density at radius 3 is 2.61 bits per heavy atom. The Bertz CT molecular complexity index is 552. The molecule has 0 fully saturated rings. The highest BCUT2D eigenvalue weighted by atomic mass is 35.5. The normalized spacial score (nSPS) is 15.7. The largest absolute Gasteiger partial charge is 0.241 e. The van der Waals surface area contributed by atoms with E-state index < -0.39 is 15.6 Å². The summed E-state index contributed by atoms with van der Waals surface area (Å²) in [5.74, 6) is 0.233. The first-order chi connectivity index (χ1) is 8.34. The lowest BCUT2D eigenvalue weighted by Crippen LogP contribution is -2.44. The van der Waals surface area contributed by atoms with Crippen LogP contribution in [0.4, 0.5) is 0 Å². The van der Waals surface area contributed by atoms with Gasteiger partial charge in [-0.15, -0.1) is 11.6 Å². The number of aryl methyl sites for hydroxylation is 2. The van der Waals surface area contributed by atoms with Gasteiger partial charge in [0.05, 0.1) is 4.90 Å². The minimum Gasteiger partial charge on any atom is -0.207 e. The molecule has 0 aliphatic heterocycles. The zero-order chi connectivity index (χ0) is 13.4. The molecule has 0 atom stereocenters. The third-order valence-electron chi connectivity index (χ3n) is 3.12. The van der Waals surface area contributed by atoms with Crippen LogP contribution >= 0.6 is 11.6 Å². The van der Waals surface area contributed by atoms with E-state index in [9.17, 15) is 8.42 Å². The molecule has 100 valence electrons. The van der Waals surface area contributed by atoms with E-state index in [1.165, 1.54) is 5.56 Å². The number of fused-ring (bicyclic) bond motifs is 1. The van der Waals surface area contributed by atoms with Gasteiger partial charge in [0.2, 0.25) is 10.0 Å². The molecule has 0 spiro atoms. The fraction of sp³-hybridized carbons (Fsp3) is 0.538. The van der Waals surface area contributed by atoms with Crippen molar-refractivity contribution >= 4 is 21.6 Å². The van der Waals surface area contributed by atoms with Crippen LogP contribution in [0.15, 0.2) is 23.1 Å². The van der Waals surface area contributed by atoms with Crippen molar-refractivity contribution < 1.29 is 8.42 Å². The maximum atomic E-state index is 12.2.